The Hall–Kier alpha value is -3.18. The normalized spacial score (nSPS) is 20.7. The van der Waals surface area contributed by atoms with Gasteiger partial charge in [0.15, 0.2) is 5.70 Å². The Morgan fingerprint density at radius 2 is 2.04 bits per heavy atom. The van der Waals surface area contributed by atoms with Crippen LogP contribution in [0.25, 0.3) is 15.9 Å². The molecule has 0 bridgehead atoms. The SMILES string of the molecule is [C-]#[N+]C1=C(C2CCNCC2)Nc2[nH]ncc2C1c1cccc2nonc12. The molecule has 0 aliphatic carbocycles. The summed E-state index contributed by atoms with van der Waals surface area (Å²) in [6, 6.07) is 5.78. The van der Waals surface area contributed by atoms with Crippen LogP contribution in [0.5, 0.6) is 0 Å². The summed E-state index contributed by atoms with van der Waals surface area (Å²) in [7, 11) is 0. The molecule has 0 saturated carbocycles. The highest BCUT2D eigenvalue weighted by atomic mass is 16.6. The van der Waals surface area contributed by atoms with E-state index < -0.39 is 0 Å². The van der Waals surface area contributed by atoms with Gasteiger partial charge in [-0.3, -0.25) is 5.10 Å². The van der Waals surface area contributed by atoms with Crippen molar-refractivity contribution in [3.8, 4) is 0 Å². The van der Waals surface area contributed by atoms with E-state index in [1.165, 1.54) is 0 Å². The van der Waals surface area contributed by atoms with E-state index >= 15 is 0 Å². The molecule has 3 aromatic rings. The Balaban J connectivity index is 1.72. The number of hydrogen-bond acceptors (Lipinski definition) is 6. The molecule has 2 aromatic heterocycles. The number of piperidine rings is 1. The molecule has 1 saturated heterocycles. The molecular weight excluding hydrogens is 330 g/mol. The van der Waals surface area contributed by atoms with Crippen LogP contribution >= 0.6 is 0 Å². The minimum atomic E-state index is -0.233. The van der Waals surface area contributed by atoms with Gasteiger partial charge in [0, 0.05) is 11.3 Å². The maximum absolute atomic E-state index is 7.91. The maximum Gasteiger partial charge on any atom is 0.196 e. The number of anilines is 1. The zero-order valence-electron chi connectivity index (χ0n) is 14.0. The van der Waals surface area contributed by atoms with Crippen LogP contribution in [0.3, 0.4) is 0 Å². The van der Waals surface area contributed by atoms with Crippen molar-refractivity contribution in [1.82, 2.24) is 25.8 Å². The van der Waals surface area contributed by atoms with Crippen molar-refractivity contribution in [3.63, 3.8) is 0 Å². The van der Waals surface area contributed by atoms with Crippen molar-refractivity contribution < 1.29 is 4.63 Å². The van der Waals surface area contributed by atoms with Gasteiger partial charge in [-0.2, -0.15) is 5.10 Å². The second-order valence-corrected chi connectivity index (χ2v) is 6.67. The number of fused-ring (bicyclic) bond motifs is 2. The van der Waals surface area contributed by atoms with Gasteiger partial charge in [0.1, 0.15) is 16.9 Å². The second-order valence-electron chi connectivity index (χ2n) is 6.67. The van der Waals surface area contributed by atoms with E-state index in [1.807, 2.05) is 18.2 Å². The van der Waals surface area contributed by atoms with Gasteiger partial charge in [-0.1, -0.05) is 12.1 Å². The van der Waals surface area contributed by atoms with Crippen LogP contribution in [0.2, 0.25) is 0 Å². The highest BCUT2D eigenvalue weighted by Gasteiger charge is 2.36. The van der Waals surface area contributed by atoms with Crippen LogP contribution in [0, 0.1) is 12.5 Å². The number of aromatic nitrogens is 4. The first-order chi connectivity index (χ1) is 12.9. The third-order valence-corrected chi connectivity index (χ3v) is 5.28. The predicted molar refractivity (Wildman–Crippen MR) is 95.1 cm³/mol. The molecule has 2 aliphatic heterocycles. The molecular formula is C18H17N7O. The number of allylic oxidation sites excluding steroid dienone is 2. The molecule has 8 nitrogen and oxygen atoms in total. The zero-order valence-corrected chi connectivity index (χ0v) is 14.0. The van der Waals surface area contributed by atoms with Crippen LogP contribution < -0.4 is 10.6 Å². The average molecular weight is 347 g/mol. The lowest BCUT2D eigenvalue weighted by Gasteiger charge is -2.32. The van der Waals surface area contributed by atoms with E-state index in [0.717, 1.165) is 48.6 Å². The number of hydrogen-bond donors (Lipinski definition) is 3. The van der Waals surface area contributed by atoms with Gasteiger partial charge in [-0.05, 0) is 53.8 Å². The summed E-state index contributed by atoms with van der Waals surface area (Å²) in [4.78, 5) is 3.96. The van der Waals surface area contributed by atoms with Crippen molar-refractivity contribution in [2.75, 3.05) is 18.4 Å². The highest BCUT2D eigenvalue weighted by Crippen LogP contribution is 2.45. The molecule has 3 N–H and O–H groups in total. The van der Waals surface area contributed by atoms with Crippen LogP contribution in [-0.2, 0) is 0 Å². The van der Waals surface area contributed by atoms with Gasteiger partial charge in [0.2, 0.25) is 0 Å². The van der Waals surface area contributed by atoms with Crippen molar-refractivity contribution in [2.45, 2.75) is 18.8 Å². The van der Waals surface area contributed by atoms with Crippen LogP contribution in [0.1, 0.15) is 29.9 Å². The minimum Gasteiger partial charge on any atom is -0.354 e. The van der Waals surface area contributed by atoms with E-state index in [4.69, 9.17) is 11.2 Å². The maximum atomic E-state index is 7.91. The summed E-state index contributed by atoms with van der Waals surface area (Å²) in [5.74, 6) is 0.946. The van der Waals surface area contributed by atoms with E-state index in [0.29, 0.717) is 22.6 Å². The fourth-order valence-electron chi connectivity index (χ4n) is 4.04. The molecule has 0 amide bonds. The van der Waals surface area contributed by atoms with Crippen LogP contribution in [0.15, 0.2) is 40.4 Å². The van der Waals surface area contributed by atoms with Gasteiger partial charge < -0.3 is 10.6 Å². The molecule has 1 aromatic carbocycles. The summed E-state index contributed by atoms with van der Waals surface area (Å²) < 4.78 is 4.94. The van der Waals surface area contributed by atoms with Crippen LogP contribution in [-0.4, -0.2) is 33.6 Å². The van der Waals surface area contributed by atoms with E-state index in [1.54, 1.807) is 6.20 Å². The summed E-state index contributed by atoms with van der Waals surface area (Å²) in [5, 5.41) is 22.1. The Bertz CT molecular complexity index is 1040. The lowest BCUT2D eigenvalue weighted by molar-refractivity contribution is 0.315. The fraction of sp³-hybridized carbons (Fsp3) is 0.333. The van der Waals surface area contributed by atoms with E-state index in [9.17, 15) is 0 Å². The number of benzene rings is 1. The van der Waals surface area contributed by atoms with E-state index in [2.05, 4.69) is 36.0 Å². The average Bonchev–Trinajstić information content (AvgIpc) is 3.36. The van der Waals surface area contributed by atoms with Crippen molar-refractivity contribution >= 4 is 16.9 Å². The smallest absolute Gasteiger partial charge is 0.196 e. The van der Waals surface area contributed by atoms with Gasteiger partial charge in [-0.15, -0.1) is 0 Å². The standard InChI is InChI=1S/C18H17N7O/c1-19-17-14(11-3-2-4-13-16(11)25-26-24-13)12-9-21-23-18(12)22-15(17)10-5-7-20-8-6-10/h2-4,9-10,14,20H,5-8H2,(H2,21,22,23). The van der Waals surface area contributed by atoms with E-state index in [-0.39, 0.29) is 5.92 Å². The molecule has 1 unspecified atom stereocenters. The molecule has 26 heavy (non-hydrogen) atoms. The second kappa shape index (κ2) is 5.97. The molecule has 1 atom stereocenters. The zero-order chi connectivity index (χ0) is 17.5. The van der Waals surface area contributed by atoms with Crippen molar-refractivity contribution in [2.24, 2.45) is 5.92 Å². The number of nitrogens with one attached hydrogen (secondary N) is 3. The van der Waals surface area contributed by atoms with Gasteiger partial charge >= 0.3 is 0 Å². The molecule has 2 aliphatic rings. The van der Waals surface area contributed by atoms with Gasteiger partial charge in [-0.25, -0.2) is 9.47 Å². The Morgan fingerprint density at radius 1 is 1.15 bits per heavy atom. The summed E-state index contributed by atoms with van der Waals surface area (Å²) in [6.07, 6.45) is 3.80. The summed E-state index contributed by atoms with van der Waals surface area (Å²) >= 11 is 0. The molecule has 0 radical (unpaired) electrons. The van der Waals surface area contributed by atoms with Crippen LogP contribution in [0.4, 0.5) is 5.82 Å². The fourth-order valence-corrected chi connectivity index (χ4v) is 4.04. The van der Waals surface area contributed by atoms with Crippen molar-refractivity contribution in [3.05, 3.63) is 58.3 Å². The topological polar surface area (TPSA) is 96.0 Å². The Labute approximate surface area is 149 Å². The lowest BCUT2D eigenvalue weighted by atomic mass is 9.82. The third kappa shape index (κ3) is 2.21. The highest BCUT2D eigenvalue weighted by molar-refractivity contribution is 5.80. The molecule has 0 spiro atoms. The molecule has 1 fully saturated rings. The summed E-state index contributed by atoms with van der Waals surface area (Å²) in [5.41, 5.74) is 4.96. The number of H-pyrrole nitrogens is 1. The van der Waals surface area contributed by atoms with Crippen molar-refractivity contribution in [1.29, 1.82) is 0 Å². The minimum absolute atomic E-state index is 0.233. The van der Waals surface area contributed by atoms with Gasteiger partial charge in [0.25, 0.3) is 0 Å². The molecule has 4 heterocycles. The Kier molecular flexibility index (Phi) is 3.47. The first-order valence-electron chi connectivity index (χ1n) is 8.70. The molecule has 130 valence electrons. The monoisotopic (exact) mass is 347 g/mol. The first kappa shape index (κ1) is 15.1. The largest absolute Gasteiger partial charge is 0.354 e. The number of rotatable bonds is 2. The van der Waals surface area contributed by atoms with Gasteiger partial charge in [0.05, 0.1) is 18.7 Å². The first-order valence-corrected chi connectivity index (χ1v) is 8.70. The third-order valence-electron chi connectivity index (χ3n) is 5.28. The predicted octanol–water partition coefficient (Wildman–Crippen LogP) is 2.63. The number of nitrogens with zero attached hydrogens (tertiary/aromatic N) is 4. The Morgan fingerprint density at radius 3 is 2.88 bits per heavy atom. The molecule has 8 heteroatoms. The number of aromatic amines is 1. The quantitative estimate of drug-likeness (QED) is 0.617. The summed E-state index contributed by atoms with van der Waals surface area (Å²) in [6.45, 7) is 9.84. The molecule has 5 rings (SSSR count). The lowest BCUT2D eigenvalue weighted by Crippen LogP contribution is -2.32.